The number of rotatable bonds is 5. The number of ether oxygens (including phenoxy) is 2. The zero-order chi connectivity index (χ0) is 16.1. The number of pyridine rings is 1. The van der Waals surface area contributed by atoms with Gasteiger partial charge in [-0.15, -0.1) is 11.8 Å². The van der Waals surface area contributed by atoms with Gasteiger partial charge in [-0.3, -0.25) is 4.79 Å². The van der Waals surface area contributed by atoms with Crippen molar-refractivity contribution in [1.82, 2.24) is 4.98 Å². The molecular weight excluding hydrogens is 312 g/mol. The van der Waals surface area contributed by atoms with Crippen molar-refractivity contribution in [2.24, 2.45) is 0 Å². The summed E-state index contributed by atoms with van der Waals surface area (Å²) < 4.78 is 11.0. The van der Waals surface area contributed by atoms with Crippen molar-refractivity contribution in [2.75, 3.05) is 24.8 Å². The topological polar surface area (TPSA) is 60.5 Å². The number of amides is 1. The number of nitrogens with one attached hydrogen (secondary N) is 1. The van der Waals surface area contributed by atoms with Crippen LogP contribution in [0.2, 0.25) is 0 Å². The number of carbonyl (C=O) groups is 1. The van der Waals surface area contributed by atoms with Crippen molar-refractivity contribution in [3.05, 3.63) is 48.2 Å². The molecule has 1 unspecified atom stereocenters. The molecule has 1 fully saturated rings. The second kappa shape index (κ2) is 7.48. The molecular formula is C17H18N2O3S. The number of para-hydroxylation sites is 1. The summed E-state index contributed by atoms with van der Waals surface area (Å²) in [5.74, 6) is 0.271. The van der Waals surface area contributed by atoms with Gasteiger partial charge in [0, 0.05) is 29.1 Å². The smallest absolute Gasteiger partial charge is 0.255 e. The van der Waals surface area contributed by atoms with Crippen LogP contribution in [0.4, 0.5) is 5.69 Å². The summed E-state index contributed by atoms with van der Waals surface area (Å²) in [6, 6.07) is 11.0. The summed E-state index contributed by atoms with van der Waals surface area (Å²) in [5.41, 5.74) is 1.32. The summed E-state index contributed by atoms with van der Waals surface area (Å²) in [4.78, 5) is 17.6. The van der Waals surface area contributed by atoms with Crippen LogP contribution in [-0.2, 0) is 4.74 Å². The first kappa shape index (κ1) is 15.8. The lowest BCUT2D eigenvalue weighted by Gasteiger charge is -2.12. The van der Waals surface area contributed by atoms with Gasteiger partial charge in [0.25, 0.3) is 5.91 Å². The van der Waals surface area contributed by atoms with E-state index in [1.807, 2.05) is 30.5 Å². The van der Waals surface area contributed by atoms with E-state index in [9.17, 15) is 4.79 Å². The molecule has 120 valence electrons. The molecule has 1 aromatic carbocycles. The van der Waals surface area contributed by atoms with Gasteiger partial charge in [0.1, 0.15) is 6.10 Å². The normalized spacial score (nSPS) is 17.0. The van der Waals surface area contributed by atoms with Crippen LogP contribution in [0.3, 0.4) is 0 Å². The Kier molecular flexibility index (Phi) is 5.15. The second-order valence-corrected chi connectivity index (χ2v) is 5.99. The number of nitrogens with zero attached hydrogens (tertiary/aromatic N) is 1. The Bertz CT molecular complexity index is 687. The summed E-state index contributed by atoms with van der Waals surface area (Å²) >= 11 is 1.59. The number of benzene rings is 1. The fraction of sp³-hybridized carbons (Fsp3) is 0.294. The number of aromatic nitrogens is 1. The highest BCUT2D eigenvalue weighted by Gasteiger charge is 2.18. The van der Waals surface area contributed by atoms with Crippen LogP contribution in [-0.4, -0.2) is 36.5 Å². The largest absolute Gasteiger partial charge is 0.472 e. The van der Waals surface area contributed by atoms with E-state index in [2.05, 4.69) is 10.3 Å². The van der Waals surface area contributed by atoms with Crippen molar-refractivity contribution in [3.8, 4) is 5.88 Å². The molecule has 1 aromatic heterocycles. The molecule has 1 aliphatic heterocycles. The summed E-state index contributed by atoms with van der Waals surface area (Å²) in [5, 5.41) is 2.93. The SMILES string of the molecule is CSc1ccccc1NC(=O)c1ccnc(OC2CCOC2)c1. The highest BCUT2D eigenvalue weighted by molar-refractivity contribution is 7.98. The van der Waals surface area contributed by atoms with Gasteiger partial charge in [0.05, 0.1) is 18.9 Å². The van der Waals surface area contributed by atoms with Crippen LogP contribution in [0.25, 0.3) is 0 Å². The van der Waals surface area contributed by atoms with Gasteiger partial charge in [-0.2, -0.15) is 0 Å². The molecule has 5 nitrogen and oxygen atoms in total. The molecule has 6 heteroatoms. The lowest BCUT2D eigenvalue weighted by Crippen LogP contribution is -2.17. The maximum Gasteiger partial charge on any atom is 0.255 e. The van der Waals surface area contributed by atoms with Gasteiger partial charge in [0.2, 0.25) is 5.88 Å². The van der Waals surface area contributed by atoms with Crippen LogP contribution in [0, 0.1) is 0 Å². The van der Waals surface area contributed by atoms with Crippen molar-refractivity contribution in [2.45, 2.75) is 17.4 Å². The quantitative estimate of drug-likeness (QED) is 0.853. The predicted molar refractivity (Wildman–Crippen MR) is 90.3 cm³/mol. The first-order valence-electron chi connectivity index (χ1n) is 7.41. The third-order valence-corrected chi connectivity index (χ3v) is 4.32. The molecule has 2 heterocycles. The molecule has 1 amide bonds. The molecule has 0 radical (unpaired) electrons. The van der Waals surface area contributed by atoms with Crippen LogP contribution in [0.1, 0.15) is 16.8 Å². The zero-order valence-corrected chi connectivity index (χ0v) is 13.6. The Morgan fingerprint density at radius 1 is 1.39 bits per heavy atom. The van der Waals surface area contributed by atoms with Crippen LogP contribution < -0.4 is 10.1 Å². The maximum atomic E-state index is 12.4. The van der Waals surface area contributed by atoms with Gasteiger partial charge in [0.15, 0.2) is 0 Å². The predicted octanol–water partition coefficient (Wildman–Crippen LogP) is 3.22. The second-order valence-electron chi connectivity index (χ2n) is 5.14. The minimum Gasteiger partial charge on any atom is -0.472 e. The van der Waals surface area contributed by atoms with Crippen molar-refractivity contribution >= 4 is 23.4 Å². The Balaban J connectivity index is 1.71. The number of anilines is 1. The molecule has 1 N–H and O–H groups in total. The molecule has 1 saturated heterocycles. The van der Waals surface area contributed by atoms with Crippen LogP contribution in [0.15, 0.2) is 47.5 Å². The van der Waals surface area contributed by atoms with E-state index < -0.39 is 0 Å². The van der Waals surface area contributed by atoms with Crippen molar-refractivity contribution in [1.29, 1.82) is 0 Å². The number of carbonyl (C=O) groups excluding carboxylic acids is 1. The van der Waals surface area contributed by atoms with E-state index in [1.165, 1.54) is 0 Å². The van der Waals surface area contributed by atoms with E-state index in [1.54, 1.807) is 30.1 Å². The average Bonchev–Trinajstić information content (AvgIpc) is 3.08. The van der Waals surface area contributed by atoms with Gasteiger partial charge < -0.3 is 14.8 Å². The lowest BCUT2D eigenvalue weighted by atomic mass is 10.2. The monoisotopic (exact) mass is 330 g/mol. The van der Waals surface area contributed by atoms with Crippen LogP contribution >= 0.6 is 11.8 Å². The first-order valence-corrected chi connectivity index (χ1v) is 8.63. The molecule has 0 aliphatic carbocycles. The number of hydrogen-bond acceptors (Lipinski definition) is 5. The molecule has 0 spiro atoms. The van der Waals surface area contributed by atoms with E-state index >= 15 is 0 Å². The highest BCUT2D eigenvalue weighted by atomic mass is 32.2. The highest BCUT2D eigenvalue weighted by Crippen LogP contribution is 2.25. The lowest BCUT2D eigenvalue weighted by molar-refractivity contribution is 0.102. The van der Waals surface area contributed by atoms with Gasteiger partial charge >= 0.3 is 0 Å². The Hall–Kier alpha value is -2.05. The Morgan fingerprint density at radius 2 is 2.26 bits per heavy atom. The standard InChI is InChI=1S/C17H18N2O3S/c1-23-15-5-3-2-4-14(15)19-17(20)12-6-8-18-16(10-12)22-13-7-9-21-11-13/h2-6,8,10,13H,7,9,11H2,1H3,(H,19,20). The van der Waals surface area contributed by atoms with E-state index in [0.717, 1.165) is 17.0 Å². The maximum absolute atomic E-state index is 12.4. The average molecular weight is 330 g/mol. The zero-order valence-electron chi connectivity index (χ0n) is 12.8. The third kappa shape index (κ3) is 4.03. The molecule has 23 heavy (non-hydrogen) atoms. The molecule has 0 saturated carbocycles. The molecule has 3 rings (SSSR count). The summed E-state index contributed by atoms with van der Waals surface area (Å²) in [6.45, 7) is 1.27. The summed E-state index contributed by atoms with van der Waals surface area (Å²) in [6.07, 6.45) is 4.42. The fourth-order valence-electron chi connectivity index (χ4n) is 2.33. The number of hydrogen-bond donors (Lipinski definition) is 1. The minimum absolute atomic E-state index is 0.0121. The van der Waals surface area contributed by atoms with Gasteiger partial charge in [-0.25, -0.2) is 4.98 Å². The first-order chi connectivity index (χ1) is 11.3. The number of thioether (sulfide) groups is 1. The van der Waals surface area contributed by atoms with Crippen molar-refractivity contribution in [3.63, 3.8) is 0 Å². The van der Waals surface area contributed by atoms with Gasteiger partial charge in [-0.05, 0) is 24.5 Å². The van der Waals surface area contributed by atoms with Crippen molar-refractivity contribution < 1.29 is 14.3 Å². The Morgan fingerprint density at radius 3 is 3.04 bits per heavy atom. The van der Waals surface area contributed by atoms with E-state index in [-0.39, 0.29) is 12.0 Å². The molecule has 1 aliphatic rings. The van der Waals surface area contributed by atoms with E-state index in [4.69, 9.17) is 9.47 Å². The molecule has 0 bridgehead atoms. The fourth-order valence-corrected chi connectivity index (χ4v) is 2.89. The minimum atomic E-state index is -0.179. The summed E-state index contributed by atoms with van der Waals surface area (Å²) in [7, 11) is 0. The van der Waals surface area contributed by atoms with Gasteiger partial charge in [-0.1, -0.05) is 12.1 Å². The van der Waals surface area contributed by atoms with Crippen LogP contribution in [0.5, 0.6) is 5.88 Å². The third-order valence-electron chi connectivity index (χ3n) is 3.53. The molecule has 2 aromatic rings. The Labute approximate surface area is 139 Å². The van der Waals surface area contributed by atoms with E-state index in [0.29, 0.717) is 24.7 Å². The molecule has 1 atom stereocenters.